The SMILES string of the molecule is CCc1ccc(OCCCn2c(CNC(=O)c3cccc(Cl)c3)nc3ccccc32)cc1. The van der Waals surface area contributed by atoms with Gasteiger partial charge in [-0.15, -0.1) is 0 Å². The van der Waals surface area contributed by atoms with E-state index in [1.807, 2.05) is 30.3 Å². The Morgan fingerprint density at radius 2 is 1.88 bits per heavy atom. The number of amides is 1. The quantitative estimate of drug-likeness (QED) is 0.337. The van der Waals surface area contributed by atoms with Crippen LogP contribution in [0.3, 0.4) is 0 Å². The molecule has 1 N–H and O–H groups in total. The Balaban J connectivity index is 1.41. The number of carbonyl (C=O) groups excluding carboxylic acids is 1. The maximum Gasteiger partial charge on any atom is 0.251 e. The van der Waals surface area contributed by atoms with Crippen molar-refractivity contribution < 1.29 is 9.53 Å². The topological polar surface area (TPSA) is 56.1 Å². The molecule has 0 aliphatic carbocycles. The van der Waals surface area contributed by atoms with Crippen LogP contribution in [0.4, 0.5) is 0 Å². The van der Waals surface area contributed by atoms with Crippen LogP contribution in [0.1, 0.15) is 35.1 Å². The predicted octanol–water partition coefficient (Wildman–Crippen LogP) is 5.65. The highest BCUT2D eigenvalue weighted by Gasteiger charge is 2.12. The molecule has 0 unspecified atom stereocenters. The number of aromatic nitrogens is 2. The van der Waals surface area contributed by atoms with Crippen molar-refractivity contribution in [1.82, 2.24) is 14.9 Å². The van der Waals surface area contributed by atoms with E-state index in [0.29, 0.717) is 23.7 Å². The Kier molecular flexibility index (Phi) is 7.07. The van der Waals surface area contributed by atoms with Gasteiger partial charge >= 0.3 is 0 Å². The molecule has 0 radical (unpaired) electrons. The Labute approximate surface area is 193 Å². The van der Waals surface area contributed by atoms with E-state index < -0.39 is 0 Å². The van der Waals surface area contributed by atoms with Gasteiger partial charge in [0, 0.05) is 17.1 Å². The number of carbonyl (C=O) groups is 1. The number of ether oxygens (including phenoxy) is 1. The fourth-order valence-corrected chi connectivity index (χ4v) is 3.83. The number of nitrogens with zero attached hydrogens (tertiary/aromatic N) is 2. The monoisotopic (exact) mass is 447 g/mol. The number of hydrogen-bond acceptors (Lipinski definition) is 3. The molecule has 0 bridgehead atoms. The Bertz CT molecular complexity index is 1200. The number of rotatable bonds is 9. The first-order valence-electron chi connectivity index (χ1n) is 10.8. The van der Waals surface area contributed by atoms with Crippen molar-refractivity contribution >= 4 is 28.5 Å². The Hall–Kier alpha value is -3.31. The first-order chi connectivity index (χ1) is 15.6. The molecule has 1 aromatic heterocycles. The van der Waals surface area contributed by atoms with Gasteiger partial charge < -0.3 is 14.6 Å². The van der Waals surface area contributed by atoms with E-state index in [0.717, 1.165) is 42.0 Å². The summed E-state index contributed by atoms with van der Waals surface area (Å²) in [6, 6.07) is 23.1. The molecule has 6 heteroatoms. The van der Waals surface area contributed by atoms with Gasteiger partial charge in [-0.3, -0.25) is 4.79 Å². The first-order valence-corrected chi connectivity index (χ1v) is 11.2. The molecule has 1 amide bonds. The second-order valence-electron chi connectivity index (χ2n) is 7.56. The standard InChI is InChI=1S/C26H26ClN3O2/c1-2-19-11-13-22(14-12-19)32-16-6-15-30-24-10-4-3-9-23(24)29-25(30)18-28-26(31)20-7-5-8-21(27)17-20/h3-5,7-14,17H,2,6,15-16,18H2,1H3,(H,28,31). The molecule has 3 aromatic carbocycles. The van der Waals surface area contributed by atoms with Crippen molar-refractivity contribution in [3.8, 4) is 5.75 Å². The summed E-state index contributed by atoms with van der Waals surface area (Å²) in [5.74, 6) is 1.52. The van der Waals surface area contributed by atoms with E-state index >= 15 is 0 Å². The molecule has 0 saturated carbocycles. The lowest BCUT2D eigenvalue weighted by Gasteiger charge is -2.11. The lowest BCUT2D eigenvalue weighted by atomic mass is 10.2. The summed E-state index contributed by atoms with van der Waals surface area (Å²) in [6.45, 7) is 3.82. The molecule has 5 nitrogen and oxygen atoms in total. The van der Waals surface area contributed by atoms with Crippen LogP contribution in [0.15, 0.2) is 72.8 Å². The highest BCUT2D eigenvalue weighted by atomic mass is 35.5. The maximum absolute atomic E-state index is 12.5. The van der Waals surface area contributed by atoms with E-state index in [1.165, 1.54) is 5.56 Å². The third kappa shape index (κ3) is 5.29. The average molecular weight is 448 g/mol. The second kappa shape index (κ2) is 10.3. The van der Waals surface area contributed by atoms with Crippen LogP contribution < -0.4 is 10.1 Å². The first kappa shape index (κ1) is 21.9. The van der Waals surface area contributed by atoms with Crippen LogP contribution in [0, 0.1) is 0 Å². The number of nitrogens with one attached hydrogen (secondary N) is 1. The Morgan fingerprint density at radius 3 is 2.66 bits per heavy atom. The minimum absolute atomic E-state index is 0.176. The van der Waals surface area contributed by atoms with Gasteiger partial charge in [-0.2, -0.15) is 0 Å². The second-order valence-corrected chi connectivity index (χ2v) is 8.00. The van der Waals surface area contributed by atoms with Gasteiger partial charge in [0.15, 0.2) is 0 Å². The fourth-order valence-electron chi connectivity index (χ4n) is 3.64. The van der Waals surface area contributed by atoms with Gasteiger partial charge in [0.25, 0.3) is 5.91 Å². The minimum Gasteiger partial charge on any atom is -0.494 e. The molecule has 0 spiro atoms. The number of aryl methyl sites for hydroxylation is 2. The van der Waals surface area contributed by atoms with Crippen LogP contribution in [0.25, 0.3) is 11.0 Å². The lowest BCUT2D eigenvalue weighted by Crippen LogP contribution is -2.25. The van der Waals surface area contributed by atoms with Crippen molar-refractivity contribution in [2.24, 2.45) is 0 Å². The summed E-state index contributed by atoms with van der Waals surface area (Å²) >= 11 is 6.01. The van der Waals surface area contributed by atoms with Gasteiger partial charge in [-0.25, -0.2) is 4.98 Å². The van der Waals surface area contributed by atoms with Gasteiger partial charge in [0.05, 0.1) is 24.2 Å². The van der Waals surface area contributed by atoms with Crippen LogP contribution in [0.5, 0.6) is 5.75 Å². The molecule has 4 aromatic rings. The molecule has 164 valence electrons. The van der Waals surface area contributed by atoms with E-state index in [1.54, 1.807) is 24.3 Å². The van der Waals surface area contributed by atoms with Crippen LogP contribution in [0.2, 0.25) is 5.02 Å². The highest BCUT2D eigenvalue weighted by molar-refractivity contribution is 6.30. The molecule has 4 rings (SSSR count). The van der Waals surface area contributed by atoms with Crippen molar-refractivity contribution in [3.63, 3.8) is 0 Å². The molecule has 32 heavy (non-hydrogen) atoms. The van der Waals surface area contributed by atoms with E-state index in [-0.39, 0.29) is 5.91 Å². The van der Waals surface area contributed by atoms with Crippen molar-refractivity contribution in [2.75, 3.05) is 6.61 Å². The molecule has 0 atom stereocenters. The molecular formula is C26H26ClN3O2. The summed E-state index contributed by atoms with van der Waals surface area (Å²) in [4.78, 5) is 17.3. The molecule has 0 aliphatic rings. The maximum atomic E-state index is 12.5. The molecule has 1 heterocycles. The summed E-state index contributed by atoms with van der Waals surface area (Å²) in [5, 5.41) is 3.50. The van der Waals surface area contributed by atoms with E-state index in [4.69, 9.17) is 21.3 Å². The van der Waals surface area contributed by atoms with Crippen LogP contribution >= 0.6 is 11.6 Å². The predicted molar refractivity (Wildman–Crippen MR) is 128 cm³/mol. The summed E-state index contributed by atoms with van der Waals surface area (Å²) in [6.07, 6.45) is 1.84. The highest BCUT2D eigenvalue weighted by Crippen LogP contribution is 2.18. The summed E-state index contributed by atoms with van der Waals surface area (Å²) in [5.41, 5.74) is 3.79. The number of imidazole rings is 1. The normalized spacial score (nSPS) is 10.9. The van der Waals surface area contributed by atoms with Gasteiger partial charge in [0.2, 0.25) is 0 Å². The fraction of sp³-hybridized carbons (Fsp3) is 0.231. The number of hydrogen-bond donors (Lipinski definition) is 1. The van der Waals surface area contributed by atoms with Gasteiger partial charge in [0.1, 0.15) is 11.6 Å². The third-order valence-electron chi connectivity index (χ3n) is 5.35. The zero-order valence-electron chi connectivity index (χ0n) is 18.1. The minimum atomic E-state index is -0.176. The molecule has 0 saturated heterocycles. The van der Waals surface area contributed by atoms with Gasteiger partial charge in [-0.05, 0) is 60.9 Å². The average Bonchev–Trinajstić information content (AvgIpc) is 3.18. The third-order valence-corrected chi connectivity index (χ3v) is 5.59. The number of halogens is 1. The molecule has 0 fully saturated rings. The number of fused-ring (bicyclic) bond motifs is 1. The van der Waals surface area contributed by atoms with Gasteiger partial charge in [-0.1, -0.05) is 48.9 Å². The summed E-state index contributed by atoms with van der Waals surface area (Å²) < 4.78 is 8.06. The van der Waals surface area contributed by atoms with Crippen molar-refractivity contribution in [1.29, 1.82) is 0 Å². The number of benzene rings is 3. The molecule has 0 aliphatic heterocycles. The van der Waals surface area contributed by atoms with Crippen LogP contribution in [-0.2, 0) is 19.5 Å². The molecular weight excluding hydrogens is 422 g/mol. The van der Waals surface area contributed by atoms with E-state index in [9.17, 15) is 4.79 Å². The van der Waals surface area contributed by atoms with E-state index in [2.05, 4.69) is 35.0 Å². The van der Waals surface area contributed by atoms with Crippen LogP contribution in [-0.4, -0.2) is 22.1 Å². The smallest absolute Gasteiger partial charge is 0.251 e. The largest absolute Gasteiger partial charge is 0.494 e. The zero-order chi connectivity index (χ0) is 22.3. The van der Waals surface area contributed by atoms with Crippen molar-refractivity contribution in [3.05, 3.63) is 94.8 Å². The van der Waals surface area contributed by atoms with Crippen molar-refractivity contribution in [2.45, 2.75) is 32.9 Å². The lowest BCUT2D eigenvalue weighted by molar-refractivity contribution is 0.0949. The zero-order valence-corrected chi connectivity index (χ0v) is 18.8. The Morgan fingerprint density at radius 1 is 1.06 bits per heavy atom. The summed E-state index contributed by atoms with van der Waals surface area (Å²) in [7, 11) is 0. The number of para-hydroxylation sites is 2.